The number of likely N-dealkylation sites (tertiary alicyclic amines) is 1. The Balaban J connectivity index is 1.72. The summed E-state index contributed by atoms with van der Waals surface area (Å²) >= 11 is 7.05. The van der Waals surface area contributed by atoms with Crippen LogP contribution < -0.4 is 0 Å². The number of benzene rings is 1. The molecule has 0 unspecified atom stereocenters. The zero-order valence-electron chi connectivity index (χ0n) is 12.5. The predicted molar refractivity (Wildman–Crippen MR) is 90.0 cm³/mol. The smallest absolute Gasteiger partial charge is 0.306 e. The fraction of sp³-hybridized carbons (Fsp3) is 0.438. The number of halogens is 1. The first-order valence-electron chi connectivity index (χ1n) is 7.34. The first-order valence-corrected chi connectivity index (χ1v) is 8.87. The molecule has 0 atom stereocenters. The molecule has 1 aromatic rings. The number of piperidine rings is 1. The van der Waals surface area contributed by atoms with Crippen molar-refractivity contribution in [2.75, 3.05) is 24.6 Å². The highest BCUT2D eigenvalue weighted by molar-refractivity contribution is 8.00. The van der Waals surface area contributed by atoms with Gasteiger partial charge in [0, 0.05) is 23.7 Å². The lowest BCUT2D eigenvalue weighted by molar-refractivity contribution is -0.145. The highest BCUT2D eigenvalue weighted by Crippen LogP contribution is 2.18. The third-order valence-electron chi connectivity index (χ3n) is 3.82. The van der Waals surface area contributed by atoms with Gasteiger partial charge in [-0.25, -0.2) is 0 Å². The largest absolute Gasteiger partial charge is 0.481 e. The van der Waals surface area contributed by atoms with E-state index >= 15 is 0 Å². The number of rotatable bonds is 6. The van der Waals surface area contributed by atoms with Crippen LogP contribution in [0.4, 0.5) is 0 Å². The van der Waals surface area contributed by atoms with E-state index in [1.807, 2.05) is 0 Å². The van der Waals surface area contributed by atoms with Gasteiger partial charge in [0.15, 0.2) is 5.78 Å². The van der Waals surface area contributed by atoms with Crippen LogP contribution in [0.2, 0.25) is 5.02 Å². The van der Waals surface area contributed by atoms with Crippen molar-refractivity contribution < 1.29 is 19.5 Å². The molecule has 23 heavy (non-hydrogen) atoms. The van der Waals surface area contributed by atoms with Crippen LogP contribution in [-0.4, -0.2) is 52.3 Å². The molecule has 1 aromatic carbocycles. The molecule has 1 aliphatic rings. The maximum Gasteiger partial charge on any atom is 0.306 e. The van der Waals surface area contributed by atoms with Gasteiger partial charge in [-0.05, 0) is 37.1 Å². The topological polar surface area (TPSA) is 74.7 Å². The van der Waals surface area contributed by atoms with E-state index in [-0.39, 0.29) is 29.1 Å². The molecule has 1 saturated heterocycles. The lowest BCUT2D eigenvalue weighted by Crippen LogP contribution is -2.41. The highest BCUT2D eigenvalue weighted by Gasteiger charge is 2.26. The fourth-order valence-corrected chi connectivity index (χ4v) is 3.35. The number of thioether (sulfide) groups is 1. The molecule has 0 bridgehead atoms. The van der Waals surface area contributed by atoms with Crippen LogP contribution in [-0.2, 0) is 9.59 Å². The summed E-state index contributed by atoms with van der Waals surface area (Å²) in [4.78, 5) is 36.6. The Morgan fingerprint density at radius 2 is 1.74 bits per heavy atom. The minimum absolute atomic E-state index is 0.0379. The Morgan fingerprint density at radius 1 is 1.13 bits per heavy atom. The first kappa shape index (κ1) is 17.8. The van der Waals surface area contributed by atoms with Crippen molar-refractivity contribution in [2.45, 2.75) is 12.8 Å². The minimum Gasteiger partial charge on any atom is -0.481 e. The SMILES string of the molecule is O=C(CSCC(=O)N1CCC(C(=O)O)CC1)c1ccc(Cl)cc1. The monoisotopic (exact) mass is 355 g/mol. The number of ketones is 1. The van der Waals surface area contributed by atoms with E-state index in [4.69, 9.17) is 16.7 Å². The standard InChI is InChI=1S/C16H18ClNO4S/c17-13-3-1-11(2-4-13)14(19)9-23-10-15(20)18-7-5-12(6-8-18)16(21)22/h1-4,12H,5-10H2,(H,21,22). The molecule has 1 amide bonds. The number of nitrogens with zero attached hydrogens (tertiary/aromatic N) is 1. The van der Waals surface area contributed by atoms with Crippen LogP contribution in [0.5, 0.6) is 0 Å². The van der Waals surface area contributed by atoms with Crippen LogP contribution in [0.3, 0.4) is 0 Å². The molecular formula is C16H18ClNO4S. The molecule has 0 saturated carbocycles. The Hall–Kier alpha value is -1.53. The molecule has 0 aromatic heterocycles. The van der Waals surface area contributed by atoms with E-state index in [0.717, 1.165) is 0 Å². The van der Waals surface area contributed by atoms with Gasteiger partial charge in [-0.15, -0.1) is 11.8 Å². The van der Waals surface area contributed by atoms with Crippen molar-refractivity contribution >= 4 is 41.0 Å². The van der Waals surface area contributed by atoms with Crippen molar-refractivity contribution in [3.05, 3.63) is 34.9 Å². The summed E-state index contributed by atoms with van der Waals surface area (Å²) in [6.45, 7) is 0.947. The van der Waals surface area contributed by atoms with Gasteiger partial charge in [-0.2, -0.15) is 0 Å². The summed E-state index contributed by atoms with van der Waals surface area (Å²) in [5, 5.41) is 9.52. The van der Waals surface area contributed by atoms with E-state index in [0.29, 0.717) is 36.5 Å². The summed E-state index contributed by atoms with van der Waals surface area (Å²) in [7, 11) is 0. The van der Waals surface area contributed by atoms with Gasteiger partial charge in [-0.1, -0.05) is 11.6 Å². The van der Waals surface area contributed by atoms with Crippen LogP contribution in [0, 0.1) is 5.92 Å². The molecule has 0 aliphatic carbocycles. The van der Waals surface area contributed by atoms with Crippen molar-refractivity contribution in [3.8, 4) is 0 Å². The van der Waals surface area contributed by atoms with Gasteiger partial charge in [0.2, 0.25) is 5.91 Å². The van der Waals surface area contributed by atoms with Crippen molar-refractivity contribution in [3.63, 3.8) is 0 Å². The maximum atomic E-state index is 12.1. The van der Waals surface area contributed by atoms with E-state index in [1.54, 1.807) is 29.2 Å². The molecule has 1 fully saturated rings. The van der Waals surface area contributed by atoms with Crippen LogP contribution >= 0.6 is 23.4 Å². The van der Waals surface area contributed by atoms with E-state index in [1.165, 1.54) is 11.8 Å². The number of Topliss-reactive ketones (excluding diaryl/α,β-unsaturated/α-hetero) is 1. The number of amides is 1. The average Bonchev–Trinajstić information content (AvgIpc) is 2.55. The molecule has 0 radical (unpaired) electrons. The third-order valence-corrected chi connectivity index (χ3v) is 4.99. The lowest BCUT2D eigenvalue weighted by Gasteiger charge is -2.30. The van der Waals surface area contributed by atoms with Gasteiger partial charge in [0.1, 0.15) is 0 Å². The summed E-state index contributed by atoms with van der Waals surface area (Å²) in [5.74, 6) is -0.749. The maximum absolute atomic E-state index is 12.1. The average molecular weight is 356 g/mol. The molecule has 124 valence electrons. The van der Waals surface area contributed by atoms with Crippen molar-refractivity contribution in [1.29, 1.82) is 0 Å². The second kappa shape index (κ2) is 8.36. The van der Waals surface area contributed by atoms with E-state index < -0.39 is 5.97 Å². The summed E-state index contributed by atoms with van der Waals surface area (Å²) in [6, 6.07) is 6.67. The first-order chi connectivity index (χ1) is 11.0. The third kappa shape index (κ3) is 5.25. The van der Waals surface area contributed by atoms with Gasteiger partial charge in [0.05, 0.1) is 17.4 Å². The molecule has 7 heteroatoms. The number of aliphatic carboxylic acids is 1. The predicted octanol–water partition coefficient (Wildman–Crippen LogP) is 2.58. The lowest BCUT2D eigenvalue weighted by atomic mass is 9.97. The summed E-state index contributed by atoms with van der Waals surface area (Å²) < 4.78 is 0. The number of hydrogen-bond donors (Lipinski definition) is 1. The van der Waals surface area contributed by atoms with Gasteiger partial charge >= 0.3 is 5.97 Å². The molecule has 5 nitrogen and oxygen atoms in total. The number of carbonyl (C=O) groups excluding carboxylic acids is 2. The van der Waals surface area contributed by atoms with Crippen molar-refractivity contribution in [1.82, 2.24) is 4.90 Å². The van der Waals surface area contributed by atoms with Gasteiger partial charge in [0.25, 0.3) is 0 Å². The summed E-state index contributed by atoms with van der Waals surface area (Å²) in [5.41, 5.74) is 0.580. The van der Waals surface area contributed by atoms with Crippen LogP contribution in [0.1, 0.15) is 23.2 Å². The Labute approximate surface area is 144 Å². The second-order valence-electron chi connectivity index (χ2n) is 5.42. The second-order valence-corrected chi connectivity index (χ2v) is 6.84. The quantitative estimate of drug-likeness (QED) is 0.794. The molecule has 1 aliphatic heterocycles. The van der Waals surface area contributed by atoms with Crippen molar-refractivity contribution in [2.24, 2.45) is 5.92 Å². The normalized spacial score (nSPS) is 15.4. The Kier molecular flexibility index (Phi) is 6.47. The van der Waals surface area contributed by atoms with Crippen LogP contribution in [0.25, 0.3) is 0 Å². The Morgan fingerprint density at radius 3 is 2.30 bits per heavy atom. The molecular weight excluding hydrogens is 338 g/mol. The minimum atomic E-state index is -0.792. The number of hydrogen-bond acceptors (Lipinski definition) is 4. The molecule has 1 heterocycles. The molecule has 2 rings (SSSR count). The van der Waals surface area contributed by atoms with E-state index in [2.05, 4.69) is 0 Å². The summed E-state index contributed by atoms with van der Waals surface area (Å²) in [6.07, 6.45) is 0.991. The number of carboxylic acid groups (broad SMARTS) is 1. The number of carboxylic acids is 1. The van der Waals surface area contributed by atoms with Crippen LogP contribution in [0.15, 0.2) is 24.3 Å². The van der Waals surface area contributed by atoms with Gasteiger partial charge < -0.3 is 10.0 Å². The molecule has 1 N–H and O–H groups in total. The fourth-order valence-electron chi connectivity index (χ4n) is 2.42. The molecule has 0 spiro atoms. The highest BCUT2D eigenvalue weighted by atomic mass is 35.5. The zero-order valence-corrected chi connectivity index (χ0v) is 14.1. The zero-order chi connectivity index (χ0) is 16.8. The van der Waals surface area contributed by atoms with Gasteiger partial charge in [-0.3, -0.25) is 14.4 Å². The Bertz CT molecular complexity index is 582. The van der Waals surface area contributed by atoms with E-state index in [9.17, 15) is 14.4 Å². The number of carbonyl (C=O) groups is 3.